The number of hydrogen-bond donors (Lipinski definition) is 0. The fourth-order valence-corrected chi connectivity index (χ4v) is 5.40. The van der Waals surface area contributed by atoms with Crippen LogP contribution in [0, 0.1) is 11.3 Å². The zero-order valence-corrected chi connectivity index (χ0v) is 20.2. The molecule has 0 saturated carbocycles. The third kappa shape index (κ3) is 5.11. The van der Waals surface area contributed by atoms with Crippen LogP contribution in [0.15, 0.2) is 114 Å². The molecule has 0 amide bonds. The average molecular weight is 482 g/mol. The first-order chi connectivity index (χ1) is 17.1. The third-order valence-corrected chi connectivity index (χ3v) is 7.66. The fourth-order valence-electron chi connectivity index (χ4n) is 3.57. The van der Waals surface area contributed by atoms with Crippen molar-refractivity contribution in [1.82, 2.24) is 0 Å². The van der Waals surface area contributed by atoms with Crippen LogP contribution < -0.4 is 20.1 Å². The Bertz CT molecular complexity index is 1360. The lowest BCUT2D eigenvalue weighted by atomic mass is 9.97. The minimum atomic E-state index is -3.44. The maximum atomic E-state index is 13.9. The molecule has 3 aromatic rings. The van der Waals surface area contributed by atoms with E-state index in [2.05, 4.69) is 11.2 Å². The number of methoxy groups -OCH3 is 2. The zero-order valence-electron chi connectivity index (χ0n) is 19.3. The summed E-state index contributed by atoms with van der Waals surface area (Å²) in [5, 5.41) is 15.1. The van der Waals surface area contributed by atoms with E-state index >= 15 is 0 Å². The first kappa shape index (κ1) is 23.8. The zero-order chi connectivity index (χ0) is 24.7. The van der Waals surface area contributed by atoms with Crippen molar-refractivity contribution in [1.29, 1.82) is 5.26 Å². The summed E-state index contributed by atoms with van der Waals surface area (Å²) in [6.07, 6.45) is 6.97. The number of rotatable bonds is 7. The van der Waals surface area contributed by atoms with Crippen molar-refractivity contribution in [2.75, 3.05) is 14.2 Å². The third-order valence-electron chi connectivity index (χ3n) is 5.39. The molecule has 0 spiro atoms. The largest absolute Gasteiger partial charge is 0.493 e. The number of nitriles is 1. The second-order valence-corrected chi connectivity index (χ2v) is 9.80. The Morgan fingerprint density at radius 2 is 1.37 bits per heavy atom. The molecule has 0 radical (unpaired) electrons. The van der Waals surface area contributed by atoms with Gasteiger partial charge in [-0.1, -0.05) is 53.7 Å². The summed E-state index contributed by atoms with van der Waals surface area (Å²) >= 11 is 0. The maximum absolute atomic E-state index is 13.9. The van der Waals surface area contributed by atoms with E-state index in [-0.39, 0.29) is 0 Å². The molecule has 0 unspecified atom stereocenters. The SMILES string of the molecule is COc1ccc(C(C#N)=C2C=CC(=NOP(=O)(c3ccccc3)c3ccccc3)C=C2)cc1OC. The van der Waals surface area contributed by atoms with Crippen molar-refractivity contribution in [3.05, 3.63) is 114 Å². The summed E-state index contributed by atoms with van der Waals surface area (Å²) in [6, 6.07) is 25.6. The van der Waals surface area contributed by atoms with Gasteiger partial charge < -0.3 is 14.1 Å². The monoisotopic (exact) mass is 482 g/mol. The van der Waals surface area contributed by atoms with Crippen molar-refractivity contribution in [2.24, 2.45) is 5.16 Å². The summed E-state index contributed by atoms with van der Waals surface area (Å²) in [6.45, 7) is 0. The number of allylic oxidation sites excluding steroid dienone is 6. The summed E-state index contributed by atoms with van der Waals surface area (Å²) < 4.78 is 30.3. The highest BCUT2D eigenvalue weighted by atomic mass is 31.2. The summed E-state index contributed by atoms with van der Waals surface area (Å²) in [4.78, 5) is 0. The van der Waals surface area contributed by atoms with Crippen LogP contribution in [0.1, 0.15) is 5.56 Å². The second kappa shape index (κ2) is 10.7. The molecule has 0 bridgehead atoms. The quantitative estimate of drug-likeness (QED) is 0.256. The second-order valence-electron chi connectivity index (χ2n) is 7.50. The predicted octanol–water partition coefficient (Wildman–Crippen LogP) is 5.41. The van der Waals surface area contributed by atoms with Crippen LogP contribution in [0.2, 0.25) is 0 Å². The number of ether oxygens (including phenoxy) is 2. The van der Waals surface area contributed by atoms with Gasteiger partial charge in [-0.2, -0.15) is 5.26 Å². The fraction of sp³-hybridized carbons (Fsp3) is 0.0714. The van der Waals surface area contributed by atoms with E-state index in [9.17, 15) is 9.83 Å². The Balaban J connectivity index is 1.63. The Morgan fingerprint density at radius 1 is 0.800 bits per heavy atom. The van der Waals surface area contributed by atoms with E-state index in [1.54, 1.807) is 81.0 Å². The smallest absolute Gasteiger partial charge is 0.330 e. The van der Waals surface area contributed by atoms with E-state index in [1.807, 2.05) is 36.4 Å². The molecule has 6 nitrogen and oxygen atoms in total. The minimum absolute atomic E-state index is 0.470. The maximum Gasteiger partial charge on any atom is 0.330 e. The minimum Gasteiger partial charge on any atom is -0.493 e. The van der Waals surface area contributed by atoms with Crippen molar-refractivity contribution in [3.8, 4) is 17.6 Å². The molecule has 0 saturated heterocycles. The molecule has 0 aliphatic heterocycles. The molecule has 0 heterocycles. The number of benzene rings is 3. The summed E-state index contributed by atoms with van der Waals surface area (Å²) in [5.41, 5.74) is 2.35. The Kier molecular flexibility index (Phi) is 7.30. The van der Waals surface area contributed by atoms with Gasteiger partial charge in [-0.15, -0.1) is 0 Å². The van der Waals surface area contributed by atoms with E-state index < -0.39 is 7.37 Å². The lowest BCUT2D eigenvalue weighted by Crippen LogP contribution is -2.17. The van der Waals surface area contributed by atoms with Crippen molar-refractivity contribution in [3.63, 3.8) is 0 Å². The highest BCUT2D eigenvalue weighted by Crippen LogP contribution is 2.45. The van der Waals surface area contributed by atoms with Gasteiger partial charge in [0.25, 0.3) is 0 Å². The van der Waals surface area contributed by atoms with Crippen LogP contribution in [-0.4, -0.2) is 19.9 Å². The molecule has 35 heavy (non-hydrogen) atoms. The molecule has 1 aliphatic rings. The van der Waals surface area contributed by atoms with Crippen LogP contribution in [-0.2, 0) is 9.19 Å². The molecule has 0 N–H and O–H groups in total. The number of hydrogen-bond acceptors (Lipinski definition) is 6. The molecule has 3 aromatic carbocycles. The summed E-state index contributed by atoms with van der Waals surface area (Å²) in [7, 11) is -0.331. The van der Waals surface area contributed by atoms with Crippen LogP contribution in [0.5, 0.6) is 11.5 Å². The van der Waals surface area contributed by atoms with Crippen LogP contribution in [0.25, 0.3) is 5.57 Å². The van der Waals surface area contributed by atoms with Gasteiger partial charge in [0.2, 0.25) is 0 Å². The van der Waals surface area contributed by atoms with Crippen LogP contribution >= 0.6 is 7.37 Å². The van der Waals surface area contributed by atoms with E-state index in [4.69, 9.17) is 14.1 Å². The average Bonchev–Trinajstić information content (AvgIpc) is 2.93. The molecular formula is C28H23N2O4P. The van der Waals surface area contributed by atoms with Crippen molar-refractivity contribution < 1.29 is 18.7 Å². The Hall–Kier alpha value is -4.33. The molecule has 0 atom stereocenters. The van der Waals surface area contributed by atoms with Crippen LogP contribution in [0.4, 0.5) is 0 Å². The summed E-state index contributed by atoms with van der Waals surface area (Å²) in [5.74, 6) is 1.12. The first-order valence-electron chi connectivity index (χ1n) is 10.8. The van der Waals surface area contributed by atoms with Gasteiger partial charge >= 0.3 is 7.37 Å². The van der Waals surface area contributed by atoms with Gasteiger partial charge in [-0.05, 0) is 65.8 Å². The van der Waals surface area contributed by atoms with Gasteiger partial charge in [-0.3, -0.25) is 4.57 Å². The van der Waals surface area contributed by atoms with Gasteiger partial charge in [0, 0.05) is 0 Å². The lowest BCUT2D eigenvalue weighted by molar-refractivity contribution is 0.350. The predicted molar refractivity (Wildman–Crippen MR) is 139 cm³/mol. The van der Waals surface area contributed by atoms with Gasteiger partial charge in [0.1, 0.15) is 11.8 Å². The molecule has 0 aromatic heterocycles. The number of oxime groups is 1. The molecule has 1 aliphatic carbocycles. The topological polar surface area (TPSA) is 80.9 Å². The molecule has 7 heteroatoms. The Labute approximate surface area is 204 Å². The Morgan fingerprint density at radius 3 is 1.89 bits per heavy atom. The molecular weight excluding hydrogens is 459 g/mol. The highest BCUT2D eigenvalue weighted by Gasteiger charge is 2.30. The molecule has 4 rings (SSSR count). The molecule has 0 fully saturated rings. The highest BCUT2D eigenvalue weighted by molar-refractivity contribution is 7.74. The van der Waals surface area contributed by atoms with Crippen molar-refractivity contribution in [2.45, 2.75) is 0 Å². The van der Waals surface area contributed by atoms with Gasteiger partial charge in [0.15, 0.2) is 11.5 Å². The van der Waals surface area contributed by atoms with Gasteiger partial charge in [0.05, 0.1) is 30.4 Å². The van der Waals surface area contributed by atoms with E-state index in [0.29, 0.717) is 44.5 Å². The lowest BCUT2D eigenvalue weighted by Gasteiger charge is -2.17. The molecule has 174 valence electrons. The van der Waals surface area contributed by atoms with Gasteiger partial charge in [-0.25, -0.2) is 0 Å². The van der Waals surface area contributed by atoms with Crippen LogP contribution in [0.3, 0.4) is 0 Å². The first-order valence-corrected chi connectivity index (χ1v) is 12.4. The standard InChI is InChI=1S/C28H23N2O4P/c1-32-27-18-15-22(19-28(27)33-2)26(20-29)21-13-16-23(17-14-21)30-34-35(31,24-9-5-3-6-10-24)25-11-7-4-8-12-25/h3-19H,1-2H3. The van der Waals surface area contributed by atoms with E-state index in [0.717, 1.165) is 0 Å². The van der Waals surface area contributed by atoms with E-state index in [1.165, 1.54) is 0 Å². The normalized spacial score (nSPS) is 12.6. The number of nitrogens with zero attached hydrogens (tertiary/aromatic N) is 2. The van der Waals surface area contributed by atoms with Crippen molar-refractivity contribution >= 4 is 29.3 Å².